The van der Waals surface area contributed by atoms with Crippen LogP contribution in [0.5, 0.6) is 11.5 Å². The predicted octanol–water partition coefficient (Wildman–Crippen LogP) is 21.2. The number of rotatable bonds is 12. The first-order chi connectivity index (χ1) is 45.7. The highest BCUT2D eigenvalue weighted by Crippen LogP contribution is 2.42. The van der Waals surface area contributed by atoms with Crippen LogP contribution in [0.25, 0.3) is 111 Å². The molecule has 0 aliphatic rings. The van der Waals surface area contributed by atoms with Gasteiger partial charge in [-0.25, -0.2) is 4.98 Å². The Morgan fingerprint density at radius 3 is 1.77 bits per heavy atom. The van der Waals surface area contributed by atoms with Crippen molar-refractivity contribution in [3.8, 4) is 67.8 Å². The summed E-state index contributed by atoms with van der Waals surface area (Å²) in [5, 5.41) is 4.54. The van der Waals surface area contributed by atoms with Gasteiger partial charge >= 0.3 is 0 Å². The summed E-state index contributed by atoms with van der Waals surface area (Å²) in [4.78, 5) is 5.13. The number of fused-ring (bicyclic) bond motifs is 7. The molecule has 4 aromatic heterocycles. The maximum absolute atomic E-state index is 9.46. The molecule has 15 aromatic rings. The van der Waals surface area contributed by atoms with Gasteiger partial charge in [-0.1, -0.05) is 237 Å². The van der Waals surface area contributed by atoms with Crippen LogP contribution in [0.1, 0.15) is 84.5 Å². The molecule has 438 valence electrons. The normalized spacial score (nSPS) is 13.0. The van der Waals surface area contributed by atoms with E-state index in [-0.39, 0.29) is 33.9 Å². The SMILES string of the molecule is [2H]c1c([2H])c([2H])c(-c2cccc(-c3cc(C(C)(C)C)cc(C(C)(C)C)c3)c2-[n+]2[c-]n(-c3cccc(Oc4ccc5c6cc(-n7c8ccccc8c8ccccc87)ccc6n(-c6cc(CC(C)(C)c7ccccc7)ccn6)c5c4)c3)c3ccc(-c4ccccc4)cc32)c([2H])c1[2H]. The lowest BCUT2D eigenvalue weighted by Crippen LogP contribution is -2.31. The molecule has 0 saturated heterocycles. The number of benzene rings is 11. The van der Waals surface area contributed by atoms with Crippen LogP contribution in [0.2, 0.25) is 0 Å². The molecule has 4 heterocycles. The molecule has 0 atom stereocenters. The molecule has 0 saturated carbocycles. The number of hydrogen-bond donors (Lipinski definition) is 0. The Morgan fingerprint density at radius 1 is 0.433 bits per heavy atom. The van der Waals surface area contributed by atoms with Crippen molar-refractivity contribution in [2.45, 2.75) is 78.1 Å². The lowest BCUT2D eigenvalue weighted by atomic mass is 9.78. The van der Waals surface area contributed by atoms with Crippen molar-refractivity contribution >= 4 is 54.6 Å². The van der Waals surface area contributed by atoms with Gasteiger partial charge in [0.05, 0.1) is 51.3 Å². The average molecular weight is 1170 g/mol. The van der Waals surface area contributed by atoms with Crippen molar-refractivity contribution in [1.29, 1.82) is 0 Å². The van der Waals surface area contributed by atoms with Gasteiger partial charge in [-0.15, -0.1) is 0 Å². The molecule has 0 aliphatic heterocycles. The molecule has 0 amide bonds. The first kappa shape index (κ1) is 50.4. The molecule has 11 aromatic carbocycles. The van der Waals surface area contributed by atoms with Crippen molar-refractivity contribution in [1.82, 2.24) is 18.7 Å². The zero-order valence-electron chi connectivity index (χ0n) is 56.9. The largest absolute Gasteiger partial charge is 0.458 e. The molecule has 0 radical (unpaired) electrons. The summed E-state index contributed by atoms with van der Waals surface area (Å²) < 4.78 is 61.2. The molecule has 90 heavy (non-hydrogen) atoms. The summed E-state index contributed by atoms with van der Waals surface area (Å²) in [5.41, 5.74) is 16.7. The molecule has 0 bridgehead atoms. The van der Waals surface area contributed by atoms with Gasteiger partial charge in [-0.05, 0) is 157 Å². The van der Waals surface area contributed by atoms with E-state index in [4.69, 9.17) is 13.8 Å². The summed E-state index contributed by atoms with van der Waals surface area (Å²) in [5.74, 6) is 2.04. The highest BCUT2D eigenvalue weighted by atomic mass is 16.5. The minimum absolute atomic E-state index is 0.0994. The van der Waals surface area contributed by atoms with E-state index in [9.17, 15) is 2.74 Å². The Kier molecular flexibility index (Phi) is 12.3. The van der Waals surface area contributed by atoms with E-state index >= 15 is 0 Å². The number of nitrogens with zero attached hydrogens (tertiary/aromatic N) is 5. The smallest absolute Gasteiger partial charge is 0.269 e. The highest BCUT2D eigenvalue weighted by Gasteiger charge is 2.27. The van der Waals surface area contributed by atoms with Gasteiger partial charge < -0.3 is 9.30 Å². The van der Waals surface area contributed by atoms with E-state index in [1.807, 2.05) is 76.0 Å². The highest BCUT2D eigenvalue weighted by molar-refractivity contribution is 6.12. The fourth-order valence-corrected chi connectivity index (χ4v) is 13.2. The average Bonchev–Trinajstić information content (AvgIpc) is 1.64. The Labute approximate surface area is 534 Å². The second-order valence-electron chi connectivity index (χ2n) is 26.5. The fraction of sp³-hybridized carbons (Fsp3) is 0.143. The quantitative estimate of drug-likeness (QED) is 0.0903. The van der Waals surface area contributed by atoms with E-state index in [1.54, 1.807) is 0 Å². The second-order valence-corrected chi connectivity index (χ2v) is 26.5. The number of ether oxygens (including phenoxy) is 1. The molecule has 0 spiro atoms. The zero-order valence-corrected chi connectivity index (χ0v) is 51.9. The molecule has 6 nitrogen and oxygen atoms in total. The van der Waals surface area contributed by atoms with Crippen molar-refractivity contribution in [3.05, 3.63) is 302 Å². The topological polar surface area (TPSA) is 40.8 Å². The summed E-state index contributed by atoms with van der Waals surface area (Å²) in [6, 6.07) is 80.8. The second kappa shape index (κ2) is 21.9. The zero-order chi connectivity index (χ0) is 65.8. The van der Waals surface area contributed by atoms with Gasteiger partial charge in [0.2, 0.25) is 0 Å². The maximum atomic E-state index is 9.46. The van der Waals surface area contributed by atoms with Gasteiger partial charge in [0.1, 0.15) is 17.3 Å². The van der Waals surface area contributed by atoms with Gasteiger partial charge in [0.25, 0.3) is 6.33 Å². The minimum atomic E-state index is -0.451. The van der Waals surface area contributed by atoms with Gasteiger partial charge in [0, 0.05) is 39.5 Å². The molecule has 15 rings (SSSR count). The van der Waals surface area contributed by atoms with Crippen LogP contribution < -0.4 is 9.30 Å². The number of aromatic nitrogens is 5. The van der Waals surface area contributed by atoms with E-state index in [0.717, 1.165) is 101 Å². The summed E-state index contributed by atoms with van der Waals surface area (Å²) in [7, 11) is 0. The standard InChI is InChI=1S/C84H71N5O/c1-82(2,3)62-47-60(48-63(50-62)83(4,5)6)69-35-23-34-68(58-26-14-10-15-27-58)81(69)87-55-86(77-42-38-59(49-79(77)87)57-24-12-9-13-25-57)64-30-22-31-66(51-64)90-67-40-41-72-73-52-65(88-74-36-20-18-32-70(74)71-33-19-21-37-75(71)88)39-43-76(73)89(78(72)53-67)80-46-56(44-45-85-80)54-84(7,8)61-28-16-11-17-29-61/h9-53H,54H2,1-8H3/i10D,14D,15D,26D,27D. The minimum Gasteiger partial charge on any atom is -0.458 e. The molecule has 0 unspecified atom stereocenters. The summed E-state index contributed by atoms with van der Waals surface area (Å²) >= 11 is 0. The van der Waals surface area contributed by atoms with Crippen LogP contribution >= 0.6 is 0 Å². The Balaban J connectivity index is 0.904. The summed E-state index contributed by atoms with van der Waals surface area (Å²) in [6.45, 7) is 17.9. The Morgan fingerprint density at radius 2 is 1.06 bits per heavy atom. The number of imidazole rings is 1. The molecular formula is C84H71N5O. The molecular weight excluding hydrogens is 1090 g/mol. The van der Waals surface area contributed by atoms with E-state index < -0.39 is 18.1 Å². The van der Waals surface area contributed by atoms with E-state index in [2.05, 4.69) is 247 Å². The maximum Gasteiger partial charge on any atom is 0.269 e. The monoisotopic (exact) mass is 1170 g/mol. The first-order valence-corrected chi connectivity index (χ1v) is 31.0. The molecule has 0 fully saturated rings. The van der Waals surface area contributed by atoms with Crippen LogP contribution in [0.3, 0.4) is 0 Å². The Bertz CT molecular complexity index is 5440. The van der Waals surface area contributed by atoms with Crippen LogP contribution in [0, 0.1) is 6.33 Å². The van der Waals surface area contributed by atoms with Crippen LogP contribution in [-0.4, -0.2) is 18.7 Å². The molecule has 6 heteroatoms. The molecule has 0 aliphatic carbocycles. The fourth-order valence-electron chi connectivity index (χ4n) is 13.2. The van der Waals surface area contributed by atoms with Crippen molar-refractivity contribution in [3.63, 3.8) is 0 Å². The van der Waals surface area contributed by atoms with Gasteiger partial charge in [-0.3, -0.25) is 13.7 Å². The van der Waals surface area contributed by atoms with E-state index in [1.165, 1.54) is 21.9 Å². The van der Waals surface area contributed by atoms with Gasteiger partial charge in [0.15, 0.2) is 0 Å². The van der Waals surface area contributed by atoms with Crippen LogP contribution in [0.15, 0.2) is 273 Å². The summed E-state index contributed by atoms with van der Waals surface area (Å²) in [6.07, 6.45) is 6.56. The van der Waals surface area contributed by atoms with Crippen LogP contribution in [0.4, 0.5) is 0 Å². The first-order valence-electron chi connectivity index (χ1n) is 33.5. The van der Waals surface area contributed by atoms with Crippen molar-refractivity contribution in [2.75, 3.05) is 0 Å². The van der Waals surface area contributed by atoms with Crippen molar-refractivity contribution in [2.24, 2.45) is 0 Å². The number of pyridine rings is 1. The number of hydrogen-bond acceptors (Lipinski definition) is 2. The molecule has 0 N–H and O–H groups in total. The van der Waals surface area contributed by atoms with Gasteiger partial charge in [-0.2, -0.15) is 0 Å². The van der Waals surface area contributed by atoms with Crippen LogP contribution in [-0.2, 0) is 22.7 Å². The third-order valence-corrected chi connectivity index (χ3v) is 17.9. The third-order valence-electron chi connectivity index (χ3n) is 17.9. The predicted molar refractivity (Wildman–Crippen MR) is 374 cm³/mol. The number of para-hydroxylation sites is 3. The lowest BCUT2D eigenvalue weighted by molar-refractivity contribution is -0.571. The van der Waals surface area contributed by atoms with E-state index in [0.29, 0.717) is 22.7 Å². The third kappa shape index (κ3) is 10.1. The lowest BCUT2D eigenvalue weighted by Gasteiger charge is -2.27. The van der Waals surface area contributed by atoms with Crippen molar-refractivity contribution < 1.29 is 16.2 Å². The Hall–Kier alpha value is -10.6.